The number of halogens is 2. The van der Waals surface area contributed by atoms with Gasteiger partial charge in [0.05, 0.1) is 10.9 Å². The molecule has 0 spiro atoms. The molecule has 0 saturated heterocycles. The first-order valence-corrected chi connectivity index (χ1v) is 5.89. The van der Waals surface area contributed by atoms with E-state index in [1.54, 1.807) is 18.2 Å². The molecule has 6 heteroatoms. The average molecular weight is 272 g/mol. The molecule has 0 bridgehead atoms. The van der Waals surface area contributed by atoms with Gasteiger partial charge in [-0.25, -0.2) is 4.98 Å². The normalized spacial score (nSPS) is 11.0. The highest BCUT2D eigenvalue weighted by Crippen LogP contribution is 2.16. The monoisotopic (exact) mass is 271 g/mol. The van der Waals surface area contributed by atoms with Gasteiger partial charge in [-0.3, -0.25) is 9.36 Å². The van der Waals surface area contributed by atoms with Gasteiger partial charge in [0, 0.05) is 18.1 Å². The van der Waals surface area contributed by atoms with Crippen LogP contribution in [0.4, 0.5) is 0 Å². The van der Waals surface area contributed by atoms with Crippen molar-refractivity contribution in [1.82, 2.24) is 14.9 Å². The van der Waals surface area contributed by atoms with E-state index in [4.69, 9.17) is 23.2 Å². The van der Waals surface area contributed by atoms with Crippen LogP contribution < -0.4 is 10.9 Å². The van der Waals surface area contributed by atoms with Gasteiger partial charge in [-0.1, -0.05) is 11.6 Å². The summed E-state index contributed by atoms with van der Waals surface area (Å²) in [6.45, 7) is 1.14. The highest BCUT2D eigenvalue weighted by molar-refractivity contribution is 6.31. The molecule has 1 heterocycles. The van der Waals surface area contributed by atoms with Crippen LogP contribution in [0.1, 0.15) is 0 Å². The van der Waals surface area contributed by atoms with Gasteiger partial charge in [-0.05, 0) is 36.8 Å². The topological polar surface area (TPSA) is 46.9 Å². The maximum Gasteiger partial charge on any atom is 0.262 e. The maximum absolute atomic E-state index is 12.1. The first-order valence-electron chi connectivity index (χ1n) is 5.13. The van der Waals surface area contributed by atoms with Crippen LogP contribution in [0.5, 0.6) is 0 Å². The number of hydrogen-bond acceptors (Lipinski definition) is 3. The number of likely N-dealkylation sites (N-methyl/N-ethyl adjacent to an activating group) is 1. The molecule has 0 aliphatic heterocycles. The Morgan fingerprint density at radius 1 is 1.41 bits per heavy atom. The molecule has 0 aliphatic rings. The summed E-state index contributed by atoms with van der Waals surface area (Å²) in [6.07, 6.45) is 0. The Kier molecular flexibility index (Phi) is 3.66. The highest BCUT2D eigenvalue weighted by atomic mass is 35.5. The van der Waals surface area contributed by atoms with Crippen LogP contribution >= 0.6 is 23.2 Å². The van der Waals surface area contributed by atoms with Crippen LogP contribution in [0.2, 0.25) is 10.3 Å². The van der Waals surface area contributed by atoms with Crippen molar-refractivity contribution >= 4 is 34.1 Å². The van der Waals surface area contributed by atoms with Crippen molar-refractivity contribution in [1.29, 1.82) is 0 Å². The van der Waals surface area contributed by atoms with Crippen molar-refractivity contribution in [3.05, 3.63) is 38.9 Å². The van der Waals surface area contributed by atoms with Gasteiger partial charge < -0.3 is 5.32 Å². The fourth-order valence-electron chi connectivity index (χ4n) is 1.58. The summed E-state index contributed by atoms with van der Waals surface area (Å²) in [4.78, 5) is 16.3. The van der Waals surface area contributed by atoms with Crippen molar-refractivity contribution in [3.8, 4) is 0 Å². The standard InChI is InChI=1S/C11H11Cl2N3O/c1-14-4-5-16-10(17)8-3-2-7(12)6-9(8)15-11(16)13/h2-3,6,14H,4-5H2,1H3. The Morgan fingerprint density at radius 2 is 2.18 bits per heavy atom. The van der Waals surface area contributed by atoms with Gasteiger partial charge in [-0.15, -0.1) is 0 Å². The summed E-state index contributed by atoms with van der Waals surface area (Å²) in [5.41, 5.74) is 0.375. The molecule has 1 aromatic heterocycles. The third-order valence-electron chi connectivity index (χ3n) is 2.46. The lowest BCUT2D eigenvalue weighted by atomic mass is 10.2. The second-order valence-corrected chi connectivity index (χ2v) is 4.38. The lowest BCUT2D eigenvalue weighted by Gasteiger charge is -2.08. The Morgan fingerprint density at radius 3 is 2.88 bits per heavy atom. The molecule has 0 aliphatic carbocycles. The van der Waals surface area contributed by atoms with Crippen LogP contribution in [0.15, 0.2) is 23.0 Å². The smallest absolute Gasteiger partial charge is 0.262 e. The molecule has 2 aromatic rings. The van der Waals surface area contributed by atoms with Gasteiger partial charge in [0.2, 0.25) is 5.28 Å². The summed E-state index contributed by atoms with van der Waals surface area (Å²) < 4.78 is 1.44. The molecule has 0 fully saturated rings. The molecule has 1 N–H and O–H groups in total. The molecule has 0 radical (unpaired) electrons. The fraction of sp³-hybridized carbons (Fsp3) is 0.273. The Bertz CT molecular complexity index is 609. The minimum atomic E-state index is -0.146. The zero-order valence-corrected chi connectivity index (χ0v) is 10.7. The third-order valence-corrected chi connectivity index (χ3v) is 2.98. The Labute approximate surface area is 108 Å². The van der Waals surface area contributed by atoms with E-state index in [0.717, 1.165) is 0 Å². The Balaban J connectivity index is 2.63. The van der Waals surface area contributed by atoms with Gasteiger partial charge in [0.25, 0.3) is 5.56 Å². The maximum atomic E-state index is 12.1. The Hall–Kier alpha value is -1.10. The fourth-order valence-corrected chi connectivity index (χ4v) is 2.00. The molecule has 90 valence electrons. The molecule has 0 amide bonds. The van der Waals surface area contributed by atoms with Crippen molar-refractivity contribution in [2.45, 2.75) is 6.54 Å². The van der Waals surface area contributed by atoms with Gasteiger partial charge in [0.1, 0.15) is 0 Å². The zero-order chi connectivity index (χ0) is 12.4. The van der Waals surface area contributed by atoms with Crippen LogP contribution in [0.3, 0.4) is 0 Å². The number of fused-ring (bicyclic) bond motifs is 1. The lowest BCUT2D eigenvalue weighted by Crippen LogP contribution is -2.26. The van der Waals surface area contributed by atoms with Crippen LogP contribution in [-0.4, -0.2) is 23.1 Å². The SMILES string of the molecule is CNCCn1c(Cl)nc2cc(Cl)ccc2c1=O. The quantitative estimate of drug-likeness (QED) is 0.868. The zero-order valence-electron chi connectivity index (χ0n) is 9.20. The van der Waals surface area contributed by atoms with E-state index in [9.17, 15) is 4.79 Å². The number of nitrogens with one attached hydrogen (secondary N) is 1. The summed E-state index contributed by atoms with van der Waals surface area (Å²) in [5, 5.41) is 4.20. The number of hydrogen-bond donors (Lipinski definition) is 1. The van der Waals surface area contributed by atoms with E-state index in [2.05, 4.69) is 10.3 Å². The highest BCUT2D eigenvalue weighted by Gasteiger charge is 2.09. The van der Waals surface area contributed by atoms with E-state index in [1.807, 2.05) is 7.05 Å². The second-order valence-electron chi connectivity index (χ2n) is 3.60. The number of aromatic nitrogens is 2. The molecule has 0 atom stereocenters. The molecular weight excluding hydrogens is 261 g/mol. The van der Waals surface area contributed by atoms with E-state index < -0.39 is 0 Å². The third kappa shape index (κ3) is 2.44. The van der Waals surface area contributed by atoms with E-state index in [1.165, 1.54) is 4.57 Å². The van der Waals surface area contributed by atoms with Gasteiger partial charge in [-0.2, -0.15) is 0 Å². The predicted octanol–water partition coefficient (Wildman–Crippen LogP) is 1.92. The van der Waals surface area contributed by atoms with Crippen molar-refractivity contribution in [3.63, 3.8) is 0 Å². The predicted molar refractivity (Wildman–Crippen MR) is 69.9 cm³/mol. The summed E-state index contributed by atoms with van der Waals surface area (Å²) in [6, 6.07) is 4.97. The number of nitrogens with zero attached hydrogens (tertiary/aromatic N) is 2. The molecule has 2 rings (SSSR count). The van der Waals surface area contributed by atoms with Crippen LogP contribution in [0.25, 0.3) is 10.9 Å². The van der Waals surface area contributed by atoms with Crippen LogP contribution in [-0.2, 0) is 6.54 Å². The molecule has 0 unspecified atom stereocenters. The molecule has 0 saturated carbocycles. The first kappa shape index (κ1) is 12.4. The summed E-state index contributed by atoms with van der Waals surface area (Å²) in [7, 11) is 1.81. The van der Waals surface area contributed by atoms with Gasteiger partial charge >= 0.3 is 0 Å². The van der Waals surface area contributed by atoms with Gasteiger partial charge in [0.15, 0.2) is 0 Å². The molecule has 4 nitrogen and oxygen atoms in total. The first-order chi connectivity index (χ1) is 8.13. The minimum Gasteiger partial charge on any atom is -0.318 e. The molecule has 17 heavy (non-hydrogen) atoms. The van der Waals surface area contributed by atoms with E-state index in [0.29, 0.717) is 29.0 Å². The van der Waals surface area contributed by atoms with E-state index >= 15 is 0 Å². The van der Waals surface area contributed by atoms with Crippen LogP contribution in [0, 0.1) is 0 Å². The van der Waals surface area contributed by atoms with Crippen molar-refractivity contribution in [2.24, 2.45) is 0 Å². The summed E-state index contributed by atoms with van der Waals surface area (Å²) >= 11 is 11.8. The van der Waals surface area contributed by atoms with Crippen molar-refractivity contribution < 1.29 is 0 Å². The van der Waals surface area contributed by atoms with E-state index in [-0.39, 0.29) is 10.8 Å². The minimum absolute atomic E-state index is 0.146. The average Bonchev–Trinajstić information content (AvgIpc) is 2.28. The summed E-state index contributed by atoms with van der Waals surface area (Å²) in [5.74, 6) is 0. The van der Waals surface area contributed by atoms with Crippen molar-refractivity contribution in [2.75, 3.05) is 13.6 Å². The lowest BCUT2D eigenvalue weighted by molar-refractivity contribution is 0.622. The number of benzene rings is 1. The molecule has 1 aromatic carbocycles. The molecular formula is C11H11Cl2N3O. The second kappa shape index (κ2) is 5.04. The number of rotatable bonds is 3. The largest absolute Gasteiger partial charge is 0.318 e.